The van der Waals surface area contributed by atoms with Crippen LogP contribution in [0.3, 0.4) is 0 Å². The van der Waals surface area contributed by atoms with Crippen molar-refractivity contribution >= 4 is 40.3 Å². The van der Waals surface area contributed by atoms with Crippen LogP contribution in [0.1, 0.15) is 44.6 Å². The molecule has 1 aromatic rings. The summed E-state index contributed by atoms with van der Waals surface area (Å²) in [6.07, 6.45) is 7.68. The van der Waals surface area contributed by atoms with E-state index < -0.39 is 0 Å². The molecule has 2 aliphatic rings. The highest BCUT2D eigenvalue weighted by Crippen LogP contribution is 2.38. The number of rotatable bonds is 4. The van der Waals surface area contributed by atoms with Gasteiger partial charge in [0.1, 0.15) is 10.1 Å². The van der Waals surface area contributed by atoms with Crippen LogP contribution in [0.2, 0.25) is 0 Å². The van der Waals surface area contributed by atoms with Crippen LogP contribution >= 0.6 is 24.0 Å². The Labute approximate surface area is 147 Å². The third-order valence-corrected chi connectivity index (χ3v) is 5.60. The summed E-state index contributed by atoms with van der Waals surface area (Å²) < 4.78 is 6.34. The van der Waals surface area contributed by atoms with Crippen molar-refractivity contribution < 1.29 is 9.53 Å². The maximum Gasteiger partial charge on any atom is 0.266 e. The lowest BCUT2D eigenvalue weighted by atomic mass is 9.94. The molecular weight excluding hydrogens is 326 g/mol. The topological polar surface area (TPSA) is 29.5 Å². The molecule has 1 aliphatic heterocycles. The van der Waals surface area contributed by atoms with E-state index in [0.29, 0.717) is 15.8 Å². The molecule has 1 saturated carbocycles. The number of ether oxygens (including phenoxy) is 1. The Morgan fingerprint density at radius 1 is 1.30 bits per heavy atom. The van der Waals surface area contributed by atoms with E-state index in [1.54, 1.807) is 0 Å². The van der Waals surface area contributed by atoms with Crippen LogP contribution < -0.4 is 4.74 Å². The zero-order chi connectivity index (χ0) is 16.2. The van der Waals surface area contributed by atoms with Crippen molar-refractivity contribution in [3.63, 3.8) is 0 Å². The molecule has 0 atom stereocenters. The van der Waals surface area contributed by atoms with E-state index in [2.05, 4.69) is 0 Å². The molecule has 1 aliphatic carbocycles. The van der Waals surface area contributed by atoms with Gasteiger partial charge in [-0.1, -0.05) is 61.4 Å². The predicted octanol–water partition coefficient (Wildman–Crippen LogP) is 4.62. The average Bonchev–Trinajstić information content (AvgIpc) is 2.84. The van der Waals surface area contributed by atoms with E-state index in [9.17, 15) is 4.79 Å². The second-order valence-electron chi connectivity index (χ2n) is 5.81. The van der Waals surface area contributed by atoms with Gasteiger partial charge in [-0.15, -0.1) is 0 Å². The van der Waals surface area contributed by atoms with Crippen molar-refractivity contribution in [2.75, 3.05) is 6.61 Å². The number of benzene rings is 1. The number of hydrogen-bond donors (Lipinski definition) is 0. The van der Waals surface area contributed by atoms with Crippen molar-refractivity contribution in [2.24, 2.45) is 0 Å². The van der Waals surface area contributed by atoms with Gasteiger partial charge in [0, 0.05) is 11.6 Å². The quantitative estimate of drug-likeness (QED) is 0.587. The van der Waals surface area contributed by atoms with Gasteiger partial charge in [-0.2, -0.15) is 0 Å². The zero-order valence-electron chi connectivity index (χ0n) is 13.3. The summed E-state index contributed by atoms with van der Waals surface area (Å²) in [5, 5.41) is 0. The number of hydrogen-bond acceptors (Lipinski definition) is 4. The number of carbonyl (C=O) groups is 1. The smallest absolute Gasteiger partial charge is 0.266 e. The van der Waals surface area contributed by atoms with Gasteiger partial charge in [0.2, 0.25) is 0 Å². The van der Waals surface area contributed by atoms with Gasteiger partial charge in [-0.25, -0.2) is 0 Å². The number of amides is 1. The first-order valence-corrected chi connectivity index (χ1v) is 9.42. The SMILES string of the molecule is CCOc1ccccc1/C=C1\SC(=S)N(C2CCCCC2)C1=O. The Kier molecular flexibility index (Phi) is 5.38. The molecule has 1 aromatic carbocycles. The summed E-state index contributed by atoms with van der Waals surface area (Å²) in [5.41, 5.74) is 0.929. The van der Waals surface area contributed by atoms with Gasteiger partial charge in [0.05, 0.1) is 11.5 Å². The predicted molar refractivity (Wildman–Crippen MR) is 99.5 cm³/mol. The van der Waals surface area contributed by atoms with Crippen LogP contribution in [0, 0.1) is 0 Å². The number of para-hydroxylation sites is 1. The largest absolute Gasteiger partial charge is 0.493 e. The molecule has 122 valence electrons. The van der Waals surface area contributed by atoms with E-state index in [1.165, 1.54) is 31.0 Å². The lowest BCUT2D eigenvalue weighted by Crippen LogP contribution is -2.39. The lowest BCUT2D eigenvalue weighted by molar-refractivity contribution is -0.124. The normalized spacial score (nSPS) is 21.3. The minimum absolute atomic E-state index is 0.0539. The molecule has 0 bridgehead atoms. The van der Waals surface area contributed by atoms with Crippen LogP contribution in [-0.2, 0) is 4.79 Å². The Morgan fingerprint density at radius 3 is 2.78 bits per heavy atom. The van der Waals surface area contributed by atoms with Gasteiger partial charge in [0.25, 0.3) is 5.91 Å². The maximum absolute atomic E-state index is 12.8. The molecule has 0 spiro atoms. The number of thioether (sulfide) groups is 1. The fourth-order valence-electron chi connectivity index (χ4n) is 3.16. The van der Waals surface area contributed by atoms with E-state index in [1.807, 2.05) is 42.2 Å². The van der Waals surface area contributed by atoms with Crippen LogP contribution in [-0.4, -0.2) is 27.8 Å². The van der Waals surface area contributed by atoms with Crippen molar-refractivity contribution in [1.82, 2.24) is 4.90 Å². The maximum atomic E-state index is 12.8. The Bertz CT molecular complexity index is 636. The summed E-state index contributed by atoms with van der Waals surface area (Å²) >= 11 is 6.88. The first-order valence-electron chi connectivity index (χ1n) is 8.19. The molecule has 1 saturated heterocycles. The minimum atomic E-state index is 0.0539. The highest BCUT2D eigenvalue weighted by molar-refractivity contribution is 8.26. The molecule has 0 aromatic heterocycles. The summed E-state index contributed by atoms with van der Waals surface area (Å²) in [6, 6.07) is 8.07. The van der Waals surface area contributed by atoms with Crippen LogP contribution in [0.4, 0.5) is 0 Å². The molecule has 23 heavy (non-hydrogen) atoms. The number of nitrogens with zero attached hydrogens (tertiary/aromatic N) is 1. The van der Waals surface area contributed by atoms with E-state index in [-0.39, 0.29) is 11.9 Å². The molecule has 2 fully saturated rings. The summed E-state index contributed by atoms with van der Waals surface area (Å²) in [7, 11) is 0. The first-order chi connectivity index (χ1) is 11.2. The molecule has 3 nitrogen and oxygen atoms in total. The Balaban J connectivity index is 1.84. The Morgan fingerprint density at radius 2 is 2.04 bits per heavy atom. The minimum Gasteiger partial charge on any atom is -0.493 e. The highest BCUT2D eigenvalue weighted by Gasteiger charge is 2.37. The summed E-state index contributed by atoms with van der Waals surface area (Å²) in [5.74, 6) is 0.858. The number of carbonyl (C=O) groups excluding carboxylic acids is 1. The standard InChI is InChI=1S/C18H21NO2S2/c1-2-21-15-11-7-6-8-13(15)12-16-17(20)19(18(22)23-16)14-9-4-3-5-10-14/h6-8,11-12,14H,2-5,9-10H2,1H3/b16-12-. The number of thiocarbonyl (C=S) groups is 1. The van der Waals surface area contributed by atoms with Gasteiger partial charge >= 0.3 is 0 Å². The van der Waals surface area contributed by atoms with Gasteiger partial charge < -0.3 is 4.74 Å². The summed E-state index contributed by atoms with van der Waals surface area (Å²) in [4.78, 5) is 15.3. The molecule has 1 amide bonds. The summed E-state index contributed by atoms with van der Waals surface area (Å²) in [6.45, 7) is 2.56. The van der Waals surface area contributed by atoms with Gasteiger partial charge in [-0.05, 0) is 31.9 Å². The highest BCUT2D eigenvalue weighted by atomic mass is 32.2. The lowest BCUT2D eigenvalue weighted by Gasteiger charge is -2.29. The molecular formula is C18H21NO2S2. The fourth-order valence-corrected chi connectivity index (χ4v) is 4.55. The fraction of sp³-hybridized carbons (Fsp3) is 0.444. The van der Waals surface area contributed by atoms with Gasteiger partial charge in [0.15, 0.2) is 0 Å². The van der Waals surface area contributed by atoms with E-state index >= 15 is 0 Å². The van der Waals surface area contributed by atoms with Crippen LogP contribution in [0.15, 0.2) is 29.2 Å². The third kappa shape index (κ3) is 3.61. The van der Waals surface area contributed by atoms with Crippen LogP contribution in [0.5, 0.6) is 5.75 Å². The van der Waals surface area contributed by atoms with Crippen molar-refractivity contribution in [2.45, 2.75) is 45.1 Å². The molecule has 0 radical (unpaired) electrons. The second kappa shape index (κ2) is 7.49. The van der Waals surface area contributed by atoms with Crippen molar-refractivity contribution in [3.8, 4) is 5.75 Å². The molecule has 0 N–H and O–H groups in total. The third-order valence-electron chi connectivity index (χ3n) is 4.27. The van der Waals surface area contributed by atoms with E-state index in [0.717, 1.165) is 24.2 Å². The van der Waals surface area contributed by atoms with Crippen LogP contribution in [0.25, 0.3) is 6.08 Å². The van der Waals surface area contributed by atoms with Gasteiger partial charge in [-0.3, -0.25) is 9.69 Å². The molecule has 5 heteroatoms. The molecule has 0 unspecified atom stereocenters. The molecule has 1 heterocycles. The Hall–Kier alpha value is -1.33. The van der Waals surface area contributed by atoms with Crippen molar-refractivity contribution in [3.05, 3.63) is 34.7 Å². The monoisotopic (exact) mass is 347 g/mol. The molecule has 3 rings (SSSR count). The first kappa shape index (κ1) is 16.5. The zero-order valence-corrected chi connectivity index (χ0v) is 14.9. The average molecular weight is 348 g/mol. The van der Waals surface area contributed by atoms with Crippen molar-refractivity contribution in [1.29, 1.82) is 0 Å². The van der Waals surface area contributed by atoms with E-state index in [4.69, 9.17) is 17.0 Å². The second-order valence-corrected chi connectivity index (χ2v) is 7.49.